The Bertz CT molecular complexity index is 1620. The molecule has 0 saturated carbocycles. The van der Waals surface area contributed by atoms with Crippen molar-refractivity contribution >= 4 is 52.0 Å². The molecule has 1 aromatic heterocycles. The zero-order valence-electron chi connectivity index (χ0n) is 17.4. The average molecular weight is 508 g/mol. The first kappa shape index (κ1) is 22.3. The van der Waals surface area contributed by atoms with Crippen LogP contribution in [0.25, 0.3) is 11.8 Å². The molecule has 1 atom stereocenters. The third kappa shape index (κ3) is 4.21. The molecule has 0 N–H and O–H groups in total. The summed E-state index contributed by atoms with van der Waals surface area (Å²) in [5.74, 6) is 0. The Labute approximate surface area is 207 Å². The van der Waals surface area contributed by atoms with E-state index < -0.39 is 11.0 Å². The van der Waals surface area contributed by atoms with Gasteiger partial charge >= 0.3 is 0 Å². The molecule has 0 saturated heterocycles. The van der Waals surface area contributed by atoms with E-state index in [1.165, 1.54) is 29.5 Å². The van der Waals surface area contributed by atoms with E-state index in [4.69, 9.17) is 28.2 Å². The molecule has 2 heterocycles. The Morgan fingerprint density at radius 3 is 2.47 bits per heavy atom. The highest BCUT2D eigenvalue weighted by Crippen LogP contribution is 2.28. The molecule has 0 fully saturated rings. The number of hydrogen-bond acceptors (Lipinski definition) is 5. The largest absolute Gasteiger partial charge is 0.272 e. The van der Waals surface area contributed by atoms with Crippen LogP contribution in [0.1, 0.15) is 22.7 Å². The number of allylic oxidation sites excluding steroid dienone is 1. The normalized spacial score (nSPS) is 15.4. The van der Waals surface area contributed by atoms with Crippen LogP contribution in [0.5, 0.6) is 0 Å². The molecule has 4 aromatic rings. The molecule has 6 nitrogen and oxygen atoms in total. The predicted octanol–water partition coefficient (Wildman–Crippen LogP) is 5.22. The molecule has 0 spiro atoms. The molecule has 1 aliphatic heterocycles. The van der Waals surface area contributed by atoms with Crippen molar-refractivity contribution in [3.8, 4) is 0 Å². The van der Waals surface area contributed by atoms with Crippen LogP contribution in [0.3, 0.4) is 0 Å². The first-order valence-electron chi connectivity index (χ1n) is 10.2. The lowest BCUT2D eigenvalue weighted by Crippen LogP contribution is -2.36. The number of rotatable bonds is 4. The summed E-state index contributed by atoms with van der Waals surface area (Å²) in [5, 5.41) is 12.1. The molecule has 34 heavy (non-hydrogen) atoms. The highest BCUT2D eigenvalue weighted by Gasteiger charge is 2.22. The number of benzene rings is 3. The monoisotopic (exact) mass is 507 g/mol. The van der Waals surface area contributed by atoms with Crippen molar-refractivity contribution in [2.45, 2.75) is 6.04 Å². The lowest BCUT2D eigenvalue weighted by Gasteiger charge is -2.19. The summed E-state index contributed by atoms with van der Waals surface area (Å²) >= 11 is 13.6. The number of nitro groups is 1. The SMILES string of the molecule is O=c1c(=Cc2cc([N+](=O)[O-])ccc2Cl)sc2n1C(c1ccc(Cl)cc1)C=C(c1ccccc1)N=2. The number of non-ortho nitro benzene ring substituents is 1. The molecule has 168 valence electrons. The van der Waals surface area contributed by atoms with Crippen molar-refractivity contribution in [3.63, 3.8) is 0 Å². The number of nitro benzene ring substituents is 1. The molecule has 0 amide bonds. The molecule has 3 aromatic carbocycles. The van der Waals surface area contributed by atoms with Crippen LogP contribution < -0.4 is 14.9 Å². The van der Waals surface area contributed by atoms with Crippen LogP contribution in [0, 0.1) is 10.1 Å². The van der Waals surface area contributed by atoms with Crippen molar-refractivity contribution in [1.82, 2.24) is 4.57 Å². The highest BCUT2D eigenvalue weighted by molar-refractivity contribution is 7.07. The minimum atomic E-state index is -0.498. The predicted molar refractivity (Wildman–Crippen MR) is 135 cm³/mol. The van der Waals surface area contributed by atoms with Crippen molar-refractivity contribution < 1.29 is 4.92 Å². The van der Waals surface area contributed by atoms with E-state index in [-0.39, 0.29) is 11.2 Å². The zero-order valence-corrected chi connectivity index (χ0v) is 19.7. The summed E-state index contributed by atoms with van der Waals surface area (Å²) in [6.45, 7) is 0. The second kappa shape index (κ2) is 9.02. The van der Waals surface area contributed by atoms with Crippen molar-refractivity contribution in [2.75, 3.05) is 0 Å². The third-order valence-electron chi connectivity index (χ3n) is 5.40. The van der Waals surface area contributed by atoms with Crippen LogP contribution in [0.4, 0.5) is 5.69 Å². The summed E-state index contributed by atoms with van der Waals surface area (Å²) in [6.07, 6.45) is 3.52. The molecule has 5 rings (SSSR count). The van der Waals surface area contributed by atoms with Gasteiger partial charge in [-0.3, -0.25) is 19.5 Å². The summed E-state index contributed by atoms with van der Waals surface area (Å²) in [4.78, 5) is 29.5. The number of halogens is 2. The Hall–Kier alpha value is -3.52. The van der Waals surface area contributed by atoms with E-state index in [0.717, 1.165) is 16.8 Å². The molecule has 0 radical (unpaired) electrons. The van der Waals surface area contributed by atoms with Gasteiger partial charge in [-0.15, -0.1) is 0 Å². The molecular formula is C25H15Cl2N3O3S. The molecular weight excluding hydrogens is 493 g/mol. The number of hydrogen-bond donors (Lipinski definition) is 0. The minimum Gasteiger partial charge on any atom is -0.272 e. The molecule has 9 heteroatoms. The van der Waals surface area contributed by atoms with Crippen LogP contribution in [-0.4, -0.2) is 9.49 Å². The van der Waals surface area contributed by atoms with Gasteiger partial charge in [0, 0.05) is 27.7 Å². The van der Waals surface area contributed by atoms with Gasteiger partial charge in [-0.2, -0.15) is 0 Å². The lowest BCUT2D eigenvalue weighted by atomic mass is 10.0. The number of thiazole rings is 1. The second-order valence-corrected chi connectivity index (χ2v) is 9.41. The Balaban J connectivity index is 1.73. The van der Waals surface area contributed by atoms with Crippen molar-refractivity contribution in [2.24, 2.45) is 4.99 Å². The zero-order chi connectivity index (χ0) is 23.8. The average Bonchev–Trinajstić information content (AvgIpc) is 3.16. The first-order chi connectivity index (χ1) is 16.4. The van der Waals surface area contributed by atoms with Gasteiger partial charge < -0.3 is 0 Å². The van der Waals surface area contributed by atoms with E-state index in [9.17, 15) is 14.9 Å². The lowest BCUT2D eigenvalue weighted by molar-refractivity contribution is -0.384. The number of fused-ring (bicyclic) bond motifs is 1. The van der Waals surface area contributed by atoms with Gasteiger partial charge in [-0.05, 0) is 41.5 Å². The van der Waals surface area contributed by atoms with E-state index in [1.54, 1.807) is 22.8 Å². The Kier molecular flexibility index (Phi) is 5.91. The summed E-state index contributed by atoms with van der Waals surface area (Å²) in [5.41, 5.74) is 2.60. The fourth-order valence-corrected chi connectivity index (χ4v) is 5.05. The van der Waals surface area contributed by atoms with Crippen LogP contribution in [0.2, 0.25) is 10.0 Å². The van der Waals surface area contributed by atoms with E-state index >= 15 is 0 Å². The quantitative estimate of drug-likeness (QED) is 0.280. The van der Waals surface area contributed by atoms with Crippen molar-refractivity contribution in [3.05, 3.63) is 135 Å². The maximum atomic E-state index is 13.5. The molecule has 1 unspecified atom stereocenters. The standard InChI is InChI=1S/C25H15Cl2N3O3S/c26-18-8-6-16(7-9-18)22-14-21(15-4-2-1-3-5-15)28-25-29(22)24(31)23(34-25)13-17-12-19(30(32)33)10-11-20(17)27/h1-14,22H. The van der Waals surface area contributed by atoms with Crippen LogP contribution >= 0.6 is 34.5 Å². The van der Waals surface area contributed by atoms with Crippen LogP contribution in [-0.2, 0) is 0 Å². The highest BCUT2D eigenvalue weighted by atomic mass is 35.5. The van der Waals surface area contributed by atoms with Gasteiger partial charge in [0.05, 0.1) is 21.2 Å². The fraction of sp³-hybridized carbons (Fsp3) is 0.0400. The molecule has 1 aliphatic rings. The Morgan fingerprint density at radius 2 is 1.76 bits per heavy atom. The molecule has 0 aliphatic carbocycles. The summed E-state index contributed by atoms with van der Waals surface area (Å²) in [7, 11) is 0. The van der Waals surface area contributed by atoms with Gasteiger partial charge in [0.1, 0.15) is 0 Å². The van der Waals surface area contributed by atoms with E-state index in [0.29, 0.717) is 24.9 Å². The van der Waals surface area contributed by atoms with Crippen LogP contribution in [0.15, 0.2) is 88.7 Å². The maximum Gasteiger partial charge on any atom is 0.271 e. The summed E-state index contributed by atoms with van der Waals surface area (Å²) < 4.78 is 2.00. The third-order valence-corrected chi connectivity index (χ3v) is 6.98. The Morgan fingerprint density at radius 1 is 1.03 bits per heavy atom. The maximum absolute atomic E-state index is 13.5. The fourth-order valence-electron chi connectivity index (χ4n) is 3.75. The number of nitrogens with zero attached hydrogens (tertiary/aromatic N) is 3. The van der Waals surface area contributed by atoms with Gasteiger partial charge in [-0.25, -0.2) is 4.99 Å². The minimum absolute atomic E-state index is 0.103. The van der Waals surface area contributed by atoms with E-state index in [1.807, 2.05) is 48.5 Å². The number of aromatic nitrogens is 1. The smallest absolute Gasteiger partial charge is 0.271 e. The first-order valence-corrected chi connectivity index (χ1v) is 11.8. The van der Waals surface area contributed by atoms with Crippen molar-refractivity contribution in [1.29, 1.82) is 0 Å². The summed E-state index contributed by atoms with van der Waals surface area (Å²) in [6, 6.07) is 20.8. The van der Waals surface area contributed by atoms with Gasteiger partial charge in [-0.1, -0.05) is 77.0 Å². The topological polar surface area (TPSA) is 77.5 Å². The van der Waals surface area contributed by atoms with E-state index in [2.05, 4.69) is 0 Å². The van der Waals surface area contributed by atoms with Gasteiger partial charge in [0.2, 0.25) is 0 Å². The van der Waals surface area contributed by atoms with Gasteiger partial charge in [0.15, 0.2) is 4.80 Å². The second-order valence-electron chi connectivity index (χ2n) is 7.56. The molecule has 0 bridgehead atoms. The van der Waals surface area contributed by atoms with Gasteiger partial charge in [0.25, 0.3) is 11.2 Å².